The van der Waals surface area contributed by atoms with E-state index in [4.69, 9.17) is 9.47 Å². The van der Waals surface area contributed by atoms with E-state index in [1.54, 1.807) is 14.2 Å². The summed E-state index contributed by atoms with van der Waals surface area (Å²) in [6.07, 6.45) is 2.05. The molecule has 0 aliphatic heterocycles. The van der Waals surface area contributed by atoms with Gasteiger partial charge in [0.2, 0.25) is 0 Å². The summed E-state index contributed by atoms with van der Waals surface area (Å²) in [5, 5.41) is 3.57. The summed E-state index contributed by atoms with van der Waals surface area (Å²) in [5.74, 6) is 1.81. The van der Waals surface area contributed by atoms with Gasteiger partial charge in [-0.3, -0.25) is 0 Å². The maximum Gasteiger partial charge on any atom is 0.118 e. The summed E-state index contributed by atoms with van der Waals surface area (Å²) in [6.45, 7) is 3.20. The van der Waals surface area contributed by atoms with Gasteiger partial charge >= 0.3 is 0 Å². The van der Waals surface area contributed by atoms with Gasteiger partial charge in [-0.1, -0.05) is 24.3 Å². The largest absolute Gasteiger partial charge is 0.497 e. The number of hydrogen-bond donors (Lipinski definition) is 1. The van der Waals surface area contributed by atoms with Crippen LogP contribution in [0.4, 0.5) is 0 Å². The highest BCUT2D eigenvalue weighted by molar-refractivity contribution is 5.28. The first kappa shape index (κ1) is 16.4. The third-order valence-electron chi connectivity index (χ3n) is 3.77. The monoisotopic (exact) mass is 299 g/mol. The van der Waals surface area contributed by atoms with Crippen LogP contribution in [-0.2, 0) is 12.8 Å². The van der Waals surface area contributed by atoms with Crippen LogP contribution in [0.1, 0.15) is 18.1 Å². The van der Waals surface area contributed by atoms with E-state index in [1.807, 2.05) is 24.3 Å². The van der Waals surface area contributed by atoms with Crippen LogP contribution in [0.15, 0.2) is 48.5 Å². The van der Waals surface area contributed by atoms with Crippen LogP contribution >= 0.6 is 0 Å². The topological polar surface area (TPSA) is 30.5 Å². The summed E-state index contributed by atoms with van der Waals surface area (Å²) in [7, 11) is 3.38. The van der Waals surface area contributed by atoms with E-state index in [0.717, 1.165) is 30.9 Å². The lowest BCUT2D eigenvalue weighted by Gasteiger charge is -2.14. The minimum absolute atomic E-state index is 0.451. The summed E-state index contributed by atoms with van der Waals surface area (Å²) in [6, 6.07) is 17.0. The van der Waals surface area contributed by atoms with Crippen molar-refractivity contribution < 1.29 is 9.47 Å². The lowest BCUT2D eigenvalue weighted by molar-refractivity contribution is 0.414. The second-order valence-electron chi connectivity index (χ2n) is 5.51. The van der Waals surface area contributed by atoms with Crippen molar-refractivity contribution in [3.63, 3.8) is 0 Å². The number of rotatable bonds is 8. The molecular formula is C19H25NO2. The smallest absolute Gasteiger partial charge is 0.118 e. The molecule has 1 atom stereocenters. The van der Waals surface area contributed by atoms with Crippen LogP contribution in [0.2, 0.25) is 0 Å². The standard InChI is InChI=1S/C19H25NO2/c1-15(14-17-6-10-19(22-3)11-7-17)20-13-12-16-4-8-18(21-2)9-5-16/h4-11,15,20H,12-14H2,1-3H3. The molecule has 0 aliphatic rings. The summed E-state index contributed by atoms with van der Waals surface area (Å²) < 4.78 is 10.4. The first-order chi connectivity index (χ1) is 10.7. The van der Waals surface area contributed by atoms with Crippen LogP contribution in [-0.4, -0.2) is 26.8 Å². The Labute approximate surface area is 133 Å². The van der Waals surface area contributed by atoms with E-state index >= 15 is 0 Å². The third-order valence-corrected chi connectivity index (χ3v) is 3.77. The van der Waals surface area contributed by atoms with Gasteiger partial charge in [0.15, 0.2) is 0 Å². The molecule has 0 radical (unpaired) electrons. The maximum absolute atomic E-state index is 5.18. The minimum Gasteiger partial charge on any atom is -0.497 e. The Kier molecular flexibility index (Phi) is 6.28. The number of benzene rings is 2. The summed E-state index contributed by atoms with van der Waals surface area (Å²) >= 11 is 0. The molecule has 0 aliphatic carbocycles. The lowest BCUT2D eigenvalue weighted by Crippen LogP contribution is -2.29. The maximum atomic E-state index is 5.18. The molecule has 0 fully saturated rings. The van der Waals surface area contributed by atoms with E-state index in [2.05, 4.69) is 36.5 Å². The fourth-order valence-electron chi connectivity index (χ4n) is 2.44. The Hall–Kier alpha value is -2.00. The number of hydrogen-bond acceptors (Lipinski definition) is 3. The van der Waals surface area contributed by atoms with Gasteiger partial charge in [0, 0.05) is 6.04 Å². The van der Waals surface area contributed by atoms with E-state index in [-0.39, 0.29) is 0 Å². The van der Waals surface area contributed by atoms with E-state index in [9.17, 15) is 0 Å². The highest BCUT2D eigenvalue weighted by Crippen LogP contribution is 2.13. The number of methoxy groups -OCH3 is 2. The Morgan fingerprint density at radius 2 is 1.32 bits per heavy atom. The normalized spacial score (nSPS) is 12.0. The zero-order valence-corrected chi connectivity index (χ0v) is 13.6. The van der Waals surface area contributed by atoms with Gasteiger partial charge in [-0.2, -0.15) is 0 Å². The highest BCUT2D eigenvalue weighted by Gasteiger charge is 2.03. The molecule has 0 amide bonds. The summed E-state index contributed by atoms with van der Waals surface area (Å²) in [4.78, 5) is 0. The van der Waals surface area contributed by atoms with Crippen molar-refractivity contribution in [3.8, 4) is 11.5 Å². The molecule has 0 spiro atoms. The molecule has 0 saturated heterocycles. The van der Waals surface area contributed by atoms with E-state index < -0.39 is 0 Å². The highest BCUT2D eigenvalue weighted by atomic mass is 16.5. The van der Waals surface area contributed by atoms with Crippen molar-refractivity contribution in [2.45, 2.75) is 25.8 Å². The zero-order valence-electron chi connectivity index (χ0n) is 13.6. The molecule has 22 heavy (non-hydrogen) atoms. The molecule has 0 saturated carbocycles. The predicted octanol–water partition coefficient (Wildman–Crippen LogP) is 3.47. The zero-order chi connectivity index (χ0) is 15.8. The quantitative estimate of drug-likeness (QED) is 0.809. The fourth-order valence-corrected chi connectivity index (χ4v) is 2.44. The summed E-state index contributed by atoms with van der Waals surface area (Å²) in [5.41, 5.74) is 2.65. The lowest BCUT2D eigenvalue weighted by atomic mass is 10.1. The average Bonchev–Trinajstić information content (AvgIpc) is 2.56. The minimum atomic E-state index is 0.451. The number of ether oxygens (including phenoxy) is 2. The van der Waals surface area contributed by atoms with Crippen molar-refractivity contribution in [1.29, 1.82) is 0 Å². The van der Waals surface area contributed by atoms with Gasteiger partial charge in [0.05, 0.1) is 14.2 Å². The molecule has 0 heterocycles. The molecule has 1 N–H and O–H groups in total. The molecule has 1 unspecified atom stereocenters. The fraction of sp³-hybridized carbons (Fsp3) is 0.368. The van der Waals surface area contributed by atoms with Crippen molar-refractivity contribution in [3.05, 3.63) is 59.7 Å². The Morgan fingerprint density at radius 3 is 1.82 bits per heavy atom. The van der Waals surface area contributed by atoms with Gasteiger partial charge in [-0.05, 0) is 61.7 Å². The van der Waals surface area contributed by atoms with Crippen LogP contribution in [0, 0.1) is 0 Å². The molecule has 118 valence electrons. The number of nitrogens with one attached hydrogen (secondary N) is 1. The Morgan fingerprint density at radius 1 is 0.818 bits per heavy atom. The van der Waals surface area contributed by atoms with Crippen molar-refractivity contribution >= 4 is 0 Å². The SMILES string of the molecule is COc1ccc(CCNC(C)Cc2ccc(OC)cc2)cc1. The average molecular weight is 299 g/mol. The van der Waals surface area contributed by atoms with Gasteiger partial charge in [-0.25, -0.2) is 0 Å². The molecular weight excluding hydrogens is 274 g/mol. The van der Waals surface area contributed by atoms with Gasteiger partial charge in [0.25, 0.3) is 0 Å². The molecule has 2 rings (SSSR count). The molecule has 3 nitrogen and oxygen atoms in total. The van der Waals surface area contributed by atoms with Crippen LogP contribution in [0.25, 0.3) is 0 Å². The Bertz CT molecular complexity index is 549. The molecule has 2 aromatic carbocycles. The van der Waals surface area contributed by atoms with E-state index in [0.29, 0.717) is 6.04 Å². The molecule has 0 bridgehead atoms. The second kappa shape index (κ2) is 8.44. The first-order valence-corrected chi connectivity index (χ1v) is 7.70. The van der Waals surface area contributed by atoms with Gasteiger partial charge < -0.3 is 14.8 Å². The van der Waals surface area contributed by atoms with Crippen molar-refractivity contribution in [2.75, 3.05) is 20.8 Å². The molecule has 0 aromatic heterocycles. The van der Waals surface area contributed by atoms with Crippen molar-refractivity contribution in [1.82, 2.24) is 5.32 Å². The van der Waals surface area contributed by atoms with Crippen LogP contribution in [0.5, 0.6) is 11.5 Å². The molecule has 2 aromatic rings. The Balaban J connectivity index is 1.73. The van der Waals surface area contributed by atoms with Crippen LogP contribution in [0.3, 0.4) is 0 Å². The second-order valence-corrected chi connectivity index (χ2v) is 5.51. The van der Waals surface area contributed by atoms with Crippen LogP contribution < -0.4 is 14.8 Å². The predicted molar refractivity (Wildman–Crippen MR) is 90.9 cm³/mol. The van der Waals surface area contributed by atoms with E-state index in [1.165, 1.54) is 11.1 Å². The van der Waals surface area contributed by atoms with Gasteiger partial charge in [0.1, 0.15) is 11.5 Å². The third kappa shape index (κ3) is 5.08. The molecule has 3 heteroatoms. The first-order valence-electron chi connectivity index (χ1n) is 7.70. The van der Waals surface area contributed by atoms with Crippen molar-refractivity contribution in [2.24, 2.45) is 0 Å². The van der Waals surface area contributed by atoms with Gasteiger partial charge in [-0.15, -0.1) is 0 Å².